The lowest BCUT2D eigenvalue weighted by atomic mass is 9.97. The van der Waals surface area contributed by atoms with Crippen LogP contribution in [0, 0.1) is 18.3 Å². The summed E-state index contributed by atoms with van der Waals surface area (Å²) in [6, 6.07) is 0. The van der Waals surface area contributed by atoms with Crippen molar-refractivity contribution in [3.63, 3.8) is 0 Å². The molecule has 0 bridgehead atoms. The quantitative estimate of drug-likeness (QED) is 0.320. The first-order chi connectivity index (χ1) is 5.18. The van der Waals surface area contributed by atoms with Gasteiger partial charge in [0.2, 0.25) is 0 Å². The van der Waals surface area contributed by atoms with E-state index in [-0.39, 0.29) is 0 Å². The molecule has 0 saturated carbocycles. The molecular formula is C11H18. The summed E-state index contributed by atoms with van der Waals surface area (Å²) in [5.74, 6) is 3.31. The van der Waals surface area contributed by atoms with E-state index in [1.54, 1.807) is 0 Å². The molecule has 0 aromatic rings. The average molecular weight is 150 g/mol. The van der Waals surface area contributed by atoms with Gasteiger partial charge in [0.15, 0.2) is 0 Å². The molecule has 0 saturated heterocycles. The van der Waals surface area contributed by atoms with Crippen LogP contribution in [-0.2, 0) is 0 Å². The second kappa shape index (κ2) is 6.04. The van der Waals surface area contributed by atoms with Crippen LogP contribution in [0.25, 0.3) is 0 Å². The minimum Gasteiger partial charge on any atom is -0.120 e. The van der Waals surface area contributed by atoms with Gasteiger partial charge in [0.1, 0.15) is 0 Å². The molecule has 0 fully saturated rings. The lowest BCUT2D eigenvalue weighted by Gasteiger charge is -2.09. The smallest absolute Gasteiger partial charge is 0.00860 e. The first kappa shape index (κ1) is 10.3. The SMILES string of the molecule is C#CCCCCC(C)C(=C)C. The zero-order valence-corrected chi connectivity index (χ0v) is 7.69. The minimum absolute atomic E-state index is 0.660. The van der Waals surface area contributed by atoms with Crippen LogP contribution in [0.2, 0.25) is 0 Å². The molecule has 0 aromatic carbocycles. The standard InChI is InChI=1S/C11H18/c1-5-6-7-8-9-11(4)10(2)3/h1,11H,2,6-9H2,3-4H3. The first-order valence-electron chi connectivity index (χ1n) is 4.27. The summed E-state index contributed by atoms with van der Waals surface area (Å²) in [6.07, 6.45) is 9.69. The molecule has 0 rings (SSSR count). The highest BCUT2D eigenvalue weighted by atomic mass is 14.1. The molecule has 0 amide bonds. The van der Waals surface area contributed by atoms with E-state index in [9.17, 15) is 0 Å². The molecule has 0 heterocycles. The zero-order chi connectivity index (χ0) is 8.69. The van der Waals surface area contributed by atoms with Crippen molar-refractivity contribution < 1.29 is 0 Å². The molecule has 0 N–H and O–H groups in total. The van der Waals surface area contributed by atoms with Gasteiger partial charge < -0.3 is 0 Å². The Morgan fingerprint density at radius 2 is 2.18 bits per heavy atom. The summed E-state index contributed by atoms with van der Waals surface area (Å²) in [4.78, 5) is 0. The fourth-order valence-corrected chi connectivity index (χ4v) is 0.924. The summed E-state index contributed by atoms with van der Waals surface area (Å²) >= 11 is 0. The van der Waals surface area contributed by atoms with E-state index in [4.69, 9.17) is 6.42 Å². The molecule has 0 aliphatic carbocycles. The van der Waals surface area contributed by atoms with E-state index < -0.39 is 0 Å². The van der Waals surface area contributed by atoms with Gasteiger partial charge in [-0.2, -0.15) is 0 Å². The van der Waals surface area contributed by atoms with E-state index in [1.165, 1.54) is 18.4 Å². The maximum atomic E-state index is 5.14. The molecule has 62 valence electrons. The van der Waals surface area contributed by atoms with Crippen molar-refractivity contribution in [2.45, 2.75) is 39.5 Å². The third-order valence-corrected chi connectivity index (χ3v) is 2.05. The molecule has 0 aromatic heterocycles. The van der Waals surface area contributed by atoms with Gasteiger partial charge in [-0.15, -0.1) is 12.3 Å². The number of allylic oxidation sites excluding steroid dienone is 1. The second-order valence-corrected chi connectivity index (χ2v) is 3.20. The highest BCUT2D eigenvalue weighted by Gasteiger charge is 2.00. The monoisotopic (exact) mass is 150 g/mol. The molecule has 11 heavy (non-hydrogen) atoms. The predicted octanol–water partition coefficient (Wildman–Crippen LogP) is 3.39. The number of terminal acetylenes is 1. The predicted molar refractivity (Wildman–Crippen MR) is 51.3 cm³/mol. The Morgan fingerprint density at radius 1 is 1.55 bits per heavy atom. The maximum Gasteiger partial charge on any atom is 0.00860 e. The molecule has 0 aliphatic heterocycles. The molecule has 0 radical (unpaired) electrons. The topological polar surface area (TPSA) is 0 Å². The number of unbranched alkanes of at least 4 members (excludes halogenated alkanes) is 2. The van der Waals surface area contributed by atoms with Gasteiger partial charge in [-0.25, -0.2) is 0 Å². The van der Waals surface area contributed by atoms with Crippen molar-refractivity contribution in [3.8, 4) is 12.3 Å². The minimum atomic E-state index is 0.660. The van der Waals surface area contributed by atoms with Crippen molar-refractivity contribution >= 4 is 0 Å². The van der Waals surface area contributed by atoms with Gasteiger partial charge >= 0.3 is 0 Å². The Hall–Kier alpha value is -0.700. The third-order valence-electron chi connectivity index (χ3n) is 2.05. The van der Waals surface area contributed by atoms with E-state index in [0.717, 1.165) is 12.8 Å². The van der Waals surface area contributed by atoms with Crippen LogP contribution in [0.3, 0.4) is 0 Å². The highest BCUT2D eigenvalue weighted by Crippen LogP contribution is 2.15. The van der Waals surface area contributed by atoms with E-state index >= 15 is 0 Å². The second-order valence-electron chi connectivity index (χ2n) is 3.20. The maximum absolute atomic E-state index is 5.14. The molecule has 0 aliphatic rings. The Labute approximate surface area is 70.7 Å². The van der Waals surface area contributed by atoms with Gasteiger partial charge in [-0.1, -0.05) is 25.5 Å². The molecular weight excluding hydrogens is 132 g/mol. The van der Waals surface area contributed by atoms with Crippen LogP contribution in [0.1, 0.15) is 39.5 Å². The molecule has 0 spiro atoms. The highest BCUT2D eigenvalue weighted by molar-refractivity contribution is 4.93. The molecule has 1 unspecified atom stereocenters. The Bertz CT molecular complexity index is 148. The van der Waals surface area contributed by atoms with Crippen molar-refractivity contribution in [3.05, 3.63) is 12.2 Å². The summed E-state index contributed by atoms with van der Waals surface area (Å²) in [6.45, 7) is 8.22. The van der Waals surface area contributed by atoms with Crippen molar-refractivity contribution in [1.82, 2.24) is 0 Å². The van der Waals surface area contributed by atoms with Crippen molar-refractivity contribution in [2.75, 3.05) is 0 Å². The number of rotatable bonds is 5. The first-order valence-corrected chi connectivity index (χ1v) is 4.27. The Balaban J connectivity index is 3.26. The molecule has 0 nitrogen and oxygen atoms in total. The van der Waals surface area contributed by atoms with Crippen LogP contribution in [-0.4, -0.2) is 0 Å². The average Bonchev–Trinajstić information content (AvgIpc) is 1.97. The number of hydrogen-bond donors (Lipinski definition) is 0. The summed E-state index contributed by atoms with van der Waals surface area (Å²) in [5.41, 5.74) is 1.28. The summed E-state index contributed by atoms with van der Waals surface area (Å²) < 4.78 is 0. The lowest BCUT2D eigenvalue weighted by molar-refractivity contribution is 0.564. The zero-order valence-electron chi connectivity index (χ0n) is 7.69. The van der Waals surface area contributed by atoms with Gasteiger partial charge in [0, 0.05) is 6.42 Å². The van der Waals surface area contributed by atoms with Crippen LogP contribution >= 0.6 is 0 Å². The lowest BCUT2D eigenvalue weighted by Crippen LogP contribution is -1.94. The van der Waals surface area contributed by atoms with Crippen molar-refractivity contribution in [1.29, 1.82) is 0 Å². The van der Waals surface area contributed by atoms with Crippen molar-refractivity contribution in [2.24, 2.45) is 5.92 Å². The van der Waals surface area contributed by atoms with E-state index in [0.29, 0.717) is 5.92 Å². The third kappa shape index (κ3) is 5.73. The van der Waals surface area contributed by atoms with Gasteiger partial charge in [0.25, 0.3) is 0 Å². The van der Waals surface area contributed by atoms with E-state index in [2.05, 4.69) is 26.3 Å². The Morgan fingerprint density at radius 3 is 2.64 bits per heavy atom. The largest absolute Gasteiger partial charge is 0.120 e. The Kier molecular flexibility index (Phi) is 5.65. The molecule has 1 atom stereocenters. The fraction of sp³-hybridized carbons (Fsp3) is 0.636. The van der Waals surface area contributed by atoms with Gasteiger partial charge in [0.05, 0.1) is 0 Å². The number of hydrogen-bond acceptors (Lipinski definition) is 0. The fourth-order valence-electron chi connectivity index (χ4n) is 0.924. The van der Waals surface area contributed by atoms with Crippen LogP contribution in [0.4, 0.5) is 0 Å². The van der Waals surface area contributed by atoms with Gasteiger partial charge in [-0.05, 0) is 25.7 Å². The summed E-state index contributed by atoms with van der Waals surface area (Å²) in [7, 11) is 0. The summed E-state index contributed by atoms with van der Waals surface area (Å²) in [5, 5.41) is 0. The van der Waals surface area contributed by atoms with Crippen LogP contribution in [0.5, 0.6) is 0 Å². The van der Waals surface area contributed by atoms with Crippen LogP contribution in [0.15, 0.2) is 12.2 Å². The van der Waals surface area contributed by atoms with E-state index in [1.807, 2.05) is 0 Å². The molecule has 0 heteroatoms. The van der Waals surface area contributed by atoms with Crippen LogP contribution < -0.4 is 0 Å². The normalized spacial score (nSPS) is 12.1. The van der Waals surface area contributed by atoms with Gasteiger partial charge in [-0.3, -0.25) is 0 Å².